The molecule has 1 atom stereocenters. The van der Waals surface area contributed by atoms with Crippen molar-refractivity contribution in [1.82, 2.24) is 9.78 Å². The van der Waals surface area contributed by atoms with Gasteiger partial charge in [-0.15, -0.1) is 0 Å². The molecule has 0 bridgehead atoms. The highest BCUT2D eigenvalue weighted by Crippen LogP contribution is 2.19. The number of aryl methyl sites for hydroxylation is 2. The Labute approximate surface area is 72.3 Å². The van der Waals surface area contributed by atoms with E-state index in [9.17, 15) is 0 Å². The van der Waals surface area contributed by atoms with Crippen molar-refractivity contribution in [3.05, 3.63) is 17.5 Å². The standard InChI is InChI=1S/C9H14N2O/c1-7-5-8(2)11(10-7)9-3-4-12-6-9/h5,9H,3-4,6H2,1-2H3. The summed E-state index contributed by atoms with van der Waals surface area (Å²) in [5.41, 5.74) is 2.34. The van der Waals surface area contributed by atoms with E-state index in [0.717, 1.165) is 25.3 Å². The first-order valence-corrected chi connectivity index (χ1v) is 4.38. The second-order valence-corrected chi connectivity index (χ2v) is 3.39. The summed E-state index contributed by atoms with van der Waals surface area (Å²) in [6.45, 7) is 5.82. The highest BCUT2D eigenvalue weighted by atomic mass is 16.5. The highest BCUT2D eigenvalue weighted by Gasteiger charge is 2.19. The normalized spacial score (nSPS) is 23.3. The predicted molar refractivity (Wildman–Crippen MR) is 46.2 cm³/mol. The van der Waals surface area contributed by atoms with Gasteiger partial charge in [-0.3, -0.25) is 4.68 Å². The minimum absolute atomic E-state index is 0.471. The third-order valence-corrected chi connectivity index (χ3v) is 2.30. The number of aromatic nitrogens is 2. The molecule has 0 radical (unpaired) electrons. The molecule has 0 aromatic carbocycles. The van der Waals surface area contributed by atoms with Crippen molar-refractivity contribution < 1.29 is 4.74 Å². The van der Waals surface area contributed by atoms with Crippen LogP contribution in [0.1, 0.15) is 23.9 Å². The largest absolute Gasteiger partial charge is 0.379 e. The number of rotatable bonds is 1. The van der Waals surface area contributed by atoms with E-state index in [0.29, 0.717) is 6.04 Å². The molecule has 3 heteroatoms. The van der Waals surface area contributed by atoms with Crippen molar-refractivity contribution in [2.45, 2.75) is 26.3 Å². The molecule has 66 valence electrons. The Morgan fingerprint density at radius 1 is 1.58 bits per heavy atom. The van der Waals surface area contributed by atoms with Crippen LogP contribution in [0.2, 0.25) is 0 Å². The zero-order valence-corrected chi connectivity index (χ0v) is 7.58. The maximum absolute atomic E-state index is 5.31. The molecular weight excluding hydrogens is 152 g/mol. The van der Waals surface area contributed by atoms with Gasteiger partial charge < -0.3 is 4.74 Å². The molecule has 1 unspecified atom stereocenters. The molecule has 1 saturated heterocycles. The van der Waals surface area contributed by atoms with Crippen molar-refractivity contribution in [3.63, 3.8) is 0 Å². The van der Waals surface area contributed by atoms with E-state index in [1.807, 2.05) is 6.92 Å². The average Bonchev–Trinajstić information content (AvgIpc) is 2.58. The number of ether oxygens (including phenoxy) is 1. The van der Waals surface area contributed by atoms with Crippen LogP contribution < -0.4 is 0 Å². The molecule has 1 aliphatic heterocycles. The second kappa shape index (κ2) is 2.90. The number of nitrogens with zero attached hydrogens (tertiary/aromatic N) is 2. The summed E-state index contributed by atoms with van der Waals surface area (Å²) < 4.78 is 7.40. The van der Waals surface area contributed by atoms with E-state index >= 15 is 0 Å². The van der Waals surface area contributed by atoms with Crippen molar-refractivity contribution in [3.8, 4) is 0 Å². The molecule has 1 aromatic heterocycles. The van der Waals surface area contributed by atoms with Crippen LogP contribution in [0.15, 0.2) is 6.07 Å². The molecule has 0 spiro atoms. The Morgan fingerprint density at radius 3 is 2.92 bits per heavy atom. The van der Waals surface area contributed by atoms with Crippen molar-refractivity contribution in [2.24, 2.45) is 0 Å². The Hall–Kier alpha value is -0.830. The quantitative estimate of drug-likeness (QED) is 0.631. The highest BCUT2D eigenvalue weighted by molar-refractivity contribution is 5.07. The SMILES string of the molecule is Cc1cc(C)n(C2CCOC2)n1. The van der Waals surface area contributed by atoms with Gasteiger partial charge in [0.1, 0.15) is 0 Å². The molecule has 0 saturated carbocycles. The molecule has 2 heterocycles. The predicted octanol–water partition coefficient (Wildman–Crippen LogP) is 1.46. The van der Waals surface area contributed by atoms with Crippen LogP contribution in [0.25, 0.3) is 0 Å². The second-order valence-electron chi connectivity index (χ2n) is 3.39. The monoisotopic (exact) mass is 166 g/mol. The minimum Gasteiger partial charge on any atom is -0.379 e. The minimum atomic E-state index is 0.471. The van der Waals surface area contributed by atoms with Crippen molar-refractivity contribution in [2.75, 3.05) is 13.2 Å². The van der Waals surface area contributed by atoms with Crippen LogP contribution in [0, 0.1) is 13.8 Å². The lowest BCUT2D eigenvalue weighted by atomic mass is 10.2. The van der Waals surface area contributed by atoms with E-state index in [-0.39, 0.29) is 0 Å². The third-order valence-electron chi connectivity index (χ3n) is 2.30. The summed E-state index contributed by atoms with van der Waals surface area (Å²) in [5, 5.41) is 4.43. The summed E-state index contributed by atoms with van der Waals surface area (Å²) in [4.78, 5) is 0. The summed E-state index contributed by atoms with van der Waals surface area (Å²) in [6.07, 6.45) is 1.10. The molecule has 1 aromatic rings. The average molecular weight is 166 g/mol. The van der Waals surface area contributed by atoms with Gasteiger partial charge in [-0.05, 0) is 26.3 Å². The fourth-order valence-electron chi connectivity index (χ4n) is 1.73. The van der Waals surface area contributed by atoms with Crippen LogP contribution in [-0.2, 0) is 4.74 Å². The van der Waals surface area contributed by atoms with E-state index < -0.39 is 0 Å². The van der Waals surface area contributed by atoms with E-state index in [2.05, 4.69) is 22.8 Å². The van der Waals surface area contributed by atoms with Gasteiger partial charge in [-0.1, -0.05) is 0 Å². The fraction of sp³-hybridized carbons (Fsp3) is 0.667. The summed E-state index contributed by atoms with van der Waals surface area (Å²) >= 11 is 0. The molecule has 0 aliphatic carbocycles. The summed E-state index contributed by atoms with van der Waals surface area (Å²) in [6, 6.07) is 2.58. The Balaban J connectivity index is 2.25. The summed E-state index contributed by atoms with van der Waals surface area (Å²) in [7, 11) is 0. The van der Waals surface area contributed by atoms with E-state index in [1.54, 1.807) is 0 Å². The van der Waals surface area contributed by atoms with Gasteiger partial charge in [0.15, 0.2) is 0 Å². The lowest BCUT2D eigenvalue weighted by Gasteiger charge is -2.09. The van der Waals surface area contributed by atoms with Gasteiger partial charge in [0.25, 0.3) is 0 Å². The molecule has 1 fully saturated rings. The van der Waals surface area contributed by atoms with Gasteiger partial charge in [-0.2, -0.15) is 5.10 Å². The van der Waals surface area contributed by atoms with E-state index in [4.69, 9.17) is 4.74 Å². The zero-order chi connectivity index (χ0) is 8.55. The van der Waals surface area contributed by atoms with Crippen LogP contribution in [0.5, 0.6) is 0 Å². The Bertz CT molecular complexity index is 274. The van der Waals surface area contributed by atoms with Crippen LogP contribution in [0.3, 0.4) is 0 Å². The molecule has 0 N–H and O–H groups in total. The van der Waals surface area contributed by atoms with Gasteiger partial charge in [-0.25, -0.2) is 0 Å². The zero-order valence-electron chi connectivity index (χ0n) is 7.58. The van der Waals surface area contributed by atoms with Gasteiger partial charge >= 0.3 is 0 Å². The van der Waals surface area contributed by atoms with Crippen molar-refractivity contribution in [1.29, 1.82) is 0 Å². The Kier molecular flexibility index (Phi) is 1.89. The van der Waals surface area contributed by atoms with E-state index in [1.165, 1.54) is 5.69 Å². The third kappa shape index (κ3) is 1.25. The molecule has 3 nitrogen and oxygen atoms in total. The molecule has 1 aliphatic rings. The molecule has 12 heavy (non-hydrogen) atoms. The lowest BCUT2D eigenvalue weighted by Crippen LogP contribution is -2.11. The Morgan fingerprint density at radius 2 is 2.42 bits per heavy atom. The molecule has 2 rings (SSSR count). The maximum atomic E-state index is 5.31. The van der Waals surface area contributed by atoms with Crippen LogP contribution in [-0.4, -0.2) is 23.0 Å². The first-order valence-electron chi connectivity index (χ1n) is 4.38. The molecular formula is C9H14N2O. The van der Waals surface area contributed by atoms with Gasteiger partial charge in [0.05, 0.1) is 18.3 Å². The number of hydrogen-bond acceptors (Lipinski definition) is 2. The first kappa shape index (κ1) is 7.80. The first-order chi connectivity index (χ1) is 5.77. The maximum Gasteiger partial charge on any atom is 0.0777 e. The topological polar surface area (TPSA) is 27.1 Å². The smallest absolute Gasteiger partial charge is 0.0777 e. The molecule has 0 amide bonds. The lowest BCUT2D eigenvalue weighted by molar-refractivity contribution is 0.184. The fourth-order valence-corrected chi connectivity index (χ4v) is 1.73. The number of hydrogen-bond donors (Lipinski definition) is 0. The van der Waals surface area contributed by atoms with Gasteiger partial charge in [0, 0.05) is 12.3 Å². The summed E-state index contributed by atoms with van der Waals surface area (Å²) in [5.74, 6) is 0. The van der Waals surface area contributed by atoms with Crippen LogP contribution >= 0.6 is 0 Å². The van der Waals surface area contributed by atoms with Crippen LogP contribution in [0.4, 0.5) is 0 Å². The van der Waals surface area contributed by atoms with Crippen molar-refractivity contribution >= 4 is 0 Å². The van der Waals surface area contributed by atoms with Gasteiger partial charge in [0.2, 0.25) is 0 Å².